The van der Waals surface area contributed by atoms with Gasteiger partial charge in [0.25, 0.3) is 5.56 Å². The molecule has 0 aliphatic rings. The van der Waals surface area contributed by atoms with E-state index in [9.17, 15) is 9.59 Å². The Labute approximate surface area is 184 Å². The number of hydrogen-bond acceptors (Lipinski definition) is 5. The molecular weight excluding hydrogens is 410 g/mol. The Morgan fingerprint density at radius 3 is 2.55 bits per heavy atom. The number of amides is 1. The van der Waals surface area contributed by atoms with Gasteiger partial charge >= 0.3 is 0 Å². The van der Waals surface area contributed by atoms with Gasteiger partial charge in [0.15, 0.2) is 0 Å². The molecule has 0 saturated heterocycles. The number of rotatable bonds is 5. The number of nitrogens with zero attached hydrogens (tertiary/aromatic N) is 2. The van der Waals surface area contributed by atoms with Gasteiger partial charge in [0.1, 0.15) is 16.6 Å². The normalized spacial score (nSPS) is 12.0. The minimum Gasteiger partial charge on any atom is -0.497 e. The van der Waals surface area contributed by atoms with Crippen LogP contribution in [0.3, 0.4) is 0 Å². The molecule has 2 aromatic carbocycles. The van der Waals surface area contributed by atoms with Crippen molar-refractivity contribution in [2.75, 3.05) is 12.4 Å². The highest BCUT2D eigenvalue weighted by molar-refractivity contribution is 7.17. The van der Waals surface area contributed by atoms with Crippen molar-refractivity contribution >= 4 is 33.1 Å². The number of carbonyl (C=O) groups excluding carboxylic acids is 1. The summed E-state index contributed by atoms with van der Waals surface area (Å²) in [5.74, 6) is 0.407. The molecule has 4 rings (SSSR count). The Kier molecular flexibility index (Phi) is 5.61. The zero-order valence-electron chi connectivity index (χ0n) is 17.8. The topological polar surface area (TPSA) is 73.2 Å². The summed E-state index contributed by atoms with van der Waals surface area (Å²) in [4.78, 5) is 31.3. The van der Waals surface area contributed by atoms with Crippen LogP contribution >= 0.6 is 11.3 Å². The van der Waals surface area contributed by atoms with Gasteiger partial charge in [-0.25, -0.2) is 4.98 Å². The van der Waals surface area contributed by atoms with E-state index in [1.54, 1.807) is 38.3 Å². The predicted molar refractivity (Wildman–Crippen MR) is 125 cm³/mol. The van der Waals surface area contributed by atoms with Crippen molar-refractivity contribution in [2.24, 2.45) is 0 Å². The molecule has 0 fully saturated rings. The van der Waals surface area contributed by atoms with Crippen molar-refractivity contribution in [3.63, 3.8) is 0 Å². The summed E-state index contributed by atoms with van der Waals surface area (Å²) in [6, 6.07) is 12.5. The average molecular weight is 434 g/mol. The number of nitrogens with one attached hydrogen (secondary N) is 1. The molecular formula is C24H23N3O3S. The first-order valence-electron chi connectivity index (χ1n) is 9.90. The quantitative estimate of drug-likeness (QED) is 0.483. The zero-order chi connectivity index (χ0) is 22.1. The summed E-state index contributed by atoms with van der Waals surface area (Å²) in [6.45, 7) is 5.80. The van der Waals surface area contributed by atoms with E-state index in [0.717, 1.165) is 16.7 Å². The molecule has 2 heterocycles. The molecule has 2 aromatic heterocycles. The molecule has 1 N–H and O–H groups in total. The first-order valence-corrected chi connectivity index (χ1v) is 10.8. The molecule has 0 spiro atoms. The zero-order valence-corrected chi connectivity index (χ0v) is 18.6. The Hall–Kier alpha value is -3.45. The molecule has 31 heavy (non-hydrogen) atoms. The maximum atomic E-state index is 13.4. The van der Waals surface area contributed by atoms with E-state index in [1.807, 2.05) is 17.5 Å². The summed E-state index contributed by atoms with van der Waals surface area (Å²) >= 11 is 1.43. The second kappa shape index (κ2) is 8.35. The van der Waals surface area contributed by atoms with Crippen molar-refractivity contribution < 1.29 is 9.53 Å². The van der Waals surface area contributed by atoms with Crippen LogP contribution in [0.5, 0.6) is 5.75 Å². The van der Waals surface area contributed by atoms with Gasteiger partial charge in [-0.3, -0.25) is 14.2 Å². The van der Waals surface area contributed by atoms with Crippen LogP contribution in [-0.2, 0) is 4.79 Å². The maximum Gasteiger partial charge on any atom is 0.263 e. The number of thiophene rings is 1. The molecule has 0 radical (unpaired) electrons. The number of hydrogen-bond donors (Lipinski definition) is 1. The van der Waals surface area contributed by atoms with Crippen LogP contribution in [-0.4, -0.2) is 22.6 Å². The molecule has 1 unspecified atom stereocenters. The second-order valence-electron chi connectivity index (χ2n) is 7.48. The minimum absolute atomic E-state index is 0.225. The van der Waals surface area contributed by atoms with Crippen LogP contribution < -0.4 is 15.6 Å². The molecule has 158 valence electrons. The van der Waals surface area contributed by atoms with Crippen molar-refractivity contribution in [3.8, 4) is 16.9 Å². The summed E-state index contributed by atoms with van der Waals surface area (Å²) < 4.78 is 6.52. The first-order chi connectivity index (χ1) is 14.9. The molecule has 0 aliphatic heterocycles. The molecule has 0 aliphatic carbocycles. The van der Waals surface area contributed by atoms with E-state index >= 15 is 0 Å². The molecule has 4 aromatic rings. The molecule has 7 heteroatoms. The number of aromatic nitrogens is 2. The monoisotopic (exact) mass is 433 g/mol. The van der Waals surface area contributed by atoms with Crippen LogP contribution in [0.2, 0.25) is 0 Å². The molecule has 1 atom stereocenters. The van der Waals surface area contributed by atoms with Gasteiger partial charge in [0, 0.05) is 16.6 Å². The number of anilines is 1. The summed E-state index contributed by atoms with van der Waals surface area (Å²) in [5.41, 5.74) is 4.58. The lowest BCUT2D eigenvalue weighted by Gasteiger charge is -2.15. The summed E-state index contributed by atoms with van der Waals surface area (Å²) in [5, 5.41) is 5.34. The lowest BCUT2D eigenvalue weighted by Crippen LogP contribution is -2.31. The van der Waals surface area contributed by atoms with Gasteiger partial charge < -0.3 is 10.1 Å². The standard InChI is InChI=1S/C24H23N3O3S/c1-14-5-6-17(11-15(14)2)20-12-31-23-21(20)24(29)27(13-25-23)16(3)22(28)26-18-7-9-19(30-4)10-8-18/h5-13,16H,1-4H3,(H,26,28). The lowest BCUT2D eigenvalue weighted by molar-refractivity contribution is -0.118. The summed E-state index contributed by atoms with van der Waals surface area (Å²) in [6.07, 6.45) is 1.45. The van der Waals surface area contributed by atoms with E-state index in [0.29, 0.717) is 21.7 Å². The van der Waals surface area contributed by atoms with E-state index in [1.165, 1.54) is 27.8 Å². The van der Waals surface area contributed by atoms with E-state index in [2.05, 4.69) is 30.2 Å². The Morgan fingerprint density at radius 2 is 1.87 bits per heavy atom. The minimum atomic E-state index is -0.723. The highest BCUT2D eigenvalue weighted by Gasteiger charge is 2.20. The van der Waals surface area contributed by atoms with Gasteiger partial charge in [-0.2, -0.15) is 0 Å². The van der Waals surface area contributed by atoms with Crippen LogP contribution in [0.4, 0.5) is 5.69 Å². The van der Waals surface area contributed by atoms with Crippen molar-refractivity contribution in [1.82, 2.24) is 9.55 Å². The van der Waals surface area contributed by atoms with Gasteiger partial charge in [-0.1, -0.05) is 18.2 Å². The van der Waals surface area contributed by atoms with E-state index in [4.69, 9.17) is 4.74 Å². The number of ether oxygens (including phenoxy) is 1. The fourth-order valence-corrected chi connectivity index (χ4v) is 4.30. The molecule has 0 saturated carbocycles. The third-order valence-electron chi connectivity index (χ3n) is 5.49. The highest BCUT2D eigenvalue weighted by atomic mass is 32.1. The number of aryl methyl sites for hydroxylation is 2. The SMILES string of the molecule is COc1ccc(NC(=O)C(C)n2cnc3scc(-c4ccc(C)c(C)c4)c3c2=O)cc1. The van der Waals surface area contributed by atoms with Crippen molar-refractivity contribution in [1.29, 1.82) is 0 Å². The number of benzene rings is 2. The third kappa shape index (κ3) is 3.96. The Morgan fingerprint density at radius 1 is 1.13 bits per heavy atom. The smallest absolute Gasteiger partial charge is 0.263 e. The van der Waals surface area contributed by atoms with E-state index in [-0.39, 0.29) is 11.5 Å². The fraction of sp³-hybridized carbons (Fsp3) is 0.208. The van der Waals surface area contributed by atoms with Crippen LogP contribution in [0, 0.1) is 13.8 Å². The van der Waals surface area contributed by atoms with Crippen molar-refractivity contribution in [2.45, 2.75) is 26.8 Å². The fourth-order valence-electron chi connectivity index (χ4n) is 3.39. The average Bonchev–Trinajstić information content (AvgIpc) is 3.21. The molecule has 0 bridgehead atoms. The first kappa shape index (κ1) is 20.8. The molecule has 6 nitrogen and oxygen atoms in total. The van der Waals surface area contributed by atoms with Crippen LogP contribution in [0.25, 0.3) is 21.3 Å². The molecule has 1 amide bonds. The van der Waals surface area contributed by atoms with E-state index < -0.39 is 6.04 Å². The van der Waals surface area contributed by atoms with Gasteiger partial charge in [0.2, 0.25) is 5.91 Å². The predicted octanol–water partition coefficient (Wildman–Crippen LogP) is 4.95. The number of carbonyl (C=O) groups is 1. The van der Waals surface area contributed by atoms with Crippen LogP contribution in [0.1, 0.15) is 24.1 Å². The third-order valence-corrected chi connectivity index (χ3v) is 6.38. The Bertz CT molecular complexity index is 1320. The van der Waals surface area contributed by atoms with Crippen molar-refractivity contribution in [3.05, 3.63) is 75.7 Å². The highest BCUT2D eigenvalue weighted by Crippen LogP contribution is 2.32. The summed E-state index contributed by atoms with van der Waals surface area (Å²) in [7, 11) is 1.59. The maximum absolute atomic E-state index is 13.4. The van der Waals surface area contributed by atoms with Gasteiger partial charge in [0.05, 0.1) is 18.8 Å². The number of fused-ring (bicyclic) bond motifs is 1. The number of methoxy groups -OCH3 is 1. The Balaban J connectivity index is 1.68. The van der Waals surface area contributed by atoms with Gasteiger partial charge in [-0.15, -0.1) is 11.3 Å². The lowest BCUT2D eigenvalue weighted by atomic mass is 10.0. The second-order valence-corrected chi connectivity index (χ2v) is 8.34. The largest absolute Gasteiger partial charge is 0.497 e. The van der Waals surface area contributed by atoms with Gasteiger partial charge in [-0.05, 0) is 61.7 Å². The van der Waals surface area contributed by atoms with Crippen LogP contribution in [0.15, 0.2) is 59.0 Å².